The number of methoxy groups -OCH3 is 2. The van der Waals surface area contributed by atoms with Crippen molar-refractivity contribution in [3.05, 3.63) is 52.0 Å². The van der Waals surface area contributed by atoms with Gasteiger partial charge in [-0.3, -0.25) is 0 Å². The first-order valence-corrected chi connectivity index (χ1v) is 8.05. The second-order valence-corrected chi connectivity index (χ2v) is 5.74. The van der Waals surface area contributed by atoms with E-state index in [2.05, 4.69) is 15.9 Å². The first kappa shape index (κ1) is 18.6. The van der Waals surface area contributed by atoms with Crippen LogP contribution in [0.3, 0.4) is 0 Å². The van der Waals surface area contributed by atoms with E-state index in [4.69, 9.17) is 24.2 Å². The highest BCUT2D eigenvalue weighted by atomic mass is 79.9. The van der Waals surface area contributed by atoms with Crippen LogP contribution in [0.1, 0.15) is 11.1 Å². The predicted octanol–water partition coefficient (Wildman–Crippen LogP) is 3.46. The Labute approximate surface area is 154 Å². The summed E-state index contributed by atoms with van der Waals surface area (Å²) in [4.78, 5) is 11.9. The van der Waals surface area contributed by atoms with Crippen molar-refractivity contribution in [2.45, 2.75) is 6.61 Å². The zero-order valence-corrected chi connectivity index (χ0v) is 15.3. The second kappa shape index (κ2) is 8.94. The van der Waals surface area contributed by atoms with Gasteiger partial charge in [0.15, 0.2) is 6.61 Å². The van der Waals surface area contributed by atoms with Crippen molar-refractivity contribution in [3.63, 3.8) is 0 Å². The SMILES string of the molecule is COc1cc(COC(=O)COc2ccc(C#N)cc2)c(OC)cc1Br. The Hall–Kier alpha value is -2.72. The van der Waals surface area contributed by atoms with Gasteiger partial charge in [-0.1, -0.05) is 0 Å². The maximum atomic E-state index is 11.9. The smallest absolute Gasteiger partial charge is 0.344 e. The van der Waals surface area contributed by atoms with E-state index < -0.39 is 5.97 Å². The van der Waals surface area contributed by atoms with Crippen LogP contribution in [0.4, 0.5) is 0 Å². The summed E-state index contributed by atoms with van der Waals surface area (Å²) >= 11 is 3.37. The standard InChI is InChI=1S/C18H16BrNO5/c1-22-16-8-15(19)17(23-2)7-13(16)10-25-18(21)11-24-14-5-3-12(9-20)4-6-14/h3-8H,10-11H2,1-2H3. The third-order valence-electron chi connectivity index (χ3n) is 3.28. The molecule has 0 aliphatic carbocycles. The first-order valence-electron chi connectivity index (χ1n) is 7.26. The van der Waals surface area contributed by atoms with E-state index >= 15 is 0 Å². The Balaban J connectivity index is 1.92. The number of nitriles is 1. The van der Waals surface area contributed by atoms with Crippen molar-refractivity contribution in [1.82, 2.24) is 0 Å². The molecular weight excluding hydrogens is 390 g/mol. The molecular formula is C18H16BrNO5. The lowest BCUT2D eigenvalue weighted by Gasteiger charge is -2.13. The number of halogens is 1. The van der Waals surface area contributed by atoms with Crippen LogP contribution < -0.4 is 14.2 Å². The lowest BCUT2D eigenvalue weighted by Crippen LogP contribution is -2.15. The molecule has 2 aromatic rings. The molecule has 2 aromatic carbocycles. The fourth-order valence-corrected chi connectivity index (χ4v) is 2.49. The average Bonchev–Trinajstić information content (AvgIpc) is 2.65. The van der Waals surface area contributed by atoms with Gasteiger partial charge < -0.3 is 18.9 Å². The molecule has 0 saturated heterocycles. The van der Waals surface area contributed by atoms with Gasteiger partial charge >= 0.3 is 5.97 Å². The summed E-state index contributed by atoms with van der Waals surface area (Å²) in [7, 11) is 3.08. The third-order valence-corrected chi connectivity index (χ3v) is 3.90. The number of carbonyl (C=O) groups is 1. The van der Waals surface area contributed by atoms with Crippen LogP contribution in [0.25, 0.3) is 0 Å². The molecule has 0 aromatic heterocycles. The van der Waals surface area contributed by atoms with Crippen LogP contribution in [-0.4, -0.2) is 26.8 Å². The van der Waals surface area contributed by atoms with Gasteiger partial charge in [0.25, 0.3) is 0 Å². The number of benzene rings is 2. The molecule has 2 rings (SSSR count). The lowest BCUT2D eigenvalue weighted by atomic mass is 10.2. The minimum atomic E-state index is -0.520. The average molecular weight is 406 g/mol. The summed E-state index contributed by atoms with van der Waals surface area (Å²) in [5.41, 5.74) is 1.19. The Morgan fingerprint density at radius 1 is 1.12 bits per heavy atom. The van der Waals surface area contributed by atoms with Gasteiger partial charge in [0.2, 0.25) is 0 Å². The first-order chi connectivity index (χ1) is 12.1. The monoisotopic (exact) mass is 405 g/mol. The minimum absolute atomic E-state index is 0.0301. The summed E-state index contributed by atoms with van der Waals surface area (Å²) in [5, 5.41) is 8.74. The van der Waals surface area contributed by atoms with Crippen LogP contribution in [0.5, 0.6) is 17.2 Å². The number of hydrogen-bond acceptors (Lipinski definition) is 6. The number of hydrogen-bond donors (Lipinski definition) is 0. The van der Waals surface area contributed by atoms with Crippen molar-refractivity contribution in [2.75, 3.05) is 20.8 Å². The highest BCUT2D eigenvalue weighted by molar-refractivity contribution is 9.10. The Bertz CT molecular complexity index is 783. The summed E-state index contributed by atoms with van der Waals surface area (Å²) in [6, 6.07) is 11.9. The molecule has 0 atom stereocenters. The molecule has 0 saturated carbocycles. The van der Waals surface area contributed by atoms with E-state index in [1.54, 1.807) is 43.5 Å². The lowest BCUT2D eigenvalue weighted by molar-refractivity contribution is -0.147. The molecule has 0 aliphatic rings. The molecule has 0 spiro atoms. The number of ether oxygens (including phenoxy) is 4. The van der Waals surface area contributed by atoms with Gasteiger partial charge in [-0.25, -0.2) is 4.79 Å². The van der Waals surface area contributed by atoms with Crippen molar-refractivity contribution in [1.29, 1.82) is 5.26 Å². The van der Waals surface area contributed by atoms with Gasteiger partial charge in [0.1, 0.15) is 23.9 Å². The molecule has 0 N–H and O–H groups in total. The quantitative estimate of drug-likeness (QED) is 0.656. The van der Waals surface area contributed by atoms with Crippen molar-refractivity contribution in [3.8, 4) is 23.3 Å². The Morgan fingerprint density at radius 2 is 1.80 bits per heavy atom. The maximum Gasteiger partial charge on any atom is 0.344 e. The number of esters is 1. The van der Waals surface area contributed by atoms with E-state index in [1.165, 1.54) is 7.11 Å². The molecule has 0 bridgehead atoms. The van der Waals surface area contributed by atoms with Gasteiger partial charge in [-0.2, -0.15) is 5.26 Å². The largest absolute Gasteiger partial charge is 0.496 e. The molecule has 0 amide bonds. The predicted molar refractivity (Wildman–Crippen MR) is 93.7 cm³/mol. The van der Waals surface area contributed by atoms with Crippen LogP contribution in [-0.2, 0) is 16.1 Å². The summed E-state index contributed by atoms with van der Waals surface area (Å²) in [5.74, 6) is 1.15. The molecule has 0 unspecified atom stereocenters. The number of carbonyl (C=O) groups excluding carboxylic acids is 1. The van der Waals surface area contributed by atoms with E-state index in [1.807, 2.05) is 6.07 Å². The van der Waals surface area contributed by atoms with Crippen LogP contribution >= 0.6 is 15.9 Å². The molecule has 0 fully saturated rings. The Kier molecular flexibility index (Phi) is 6.66. The molecule has 0 radical (unpaired) electrons. The van der Waals surface area contributed by atoms with E-state index in [0.29, 0.717) is 28.4 Å². The van der Waals surface area contributed by atoms with Crippen molar-refractivity contribution in [2.24, 2.45) is 0 Å². The van der Waals surface area contributed by atoms with Gasteiger partial charge in [0, 0.05) is 5.56 Å². The van der Waals surface area contributed by atoms with E-state index in [0.717, 1.165) is 4.47 Å². The Morgan fingerprint density at radius 3 is 2.40 bits per heavy atom. The third kappa shape index (κ3) is 5.13. The van der Waals surface area contributed by atoms with Gasteiger partial charge in [-0.05, 0) is 52.3 Å². The van der Waals surface area contributed by atoms with Crippen molar-refractivity contribution >= 4 is 21.9 Å². The molecule has 0 heterocycles. The topological polar surface area (TPSA) is 77.8 Å². The normalized spacial score (nSPS) is 9.84. The van der Waals surface area contributed by atoms with Gasteiger partial charge in [-0.15, -0.1) is 0 Å². The highest BCUT2D eigenvalue weighted by Gasteiger charge is 2.12. The number of nitrogens with zero attached hydrogens (tertiary/aromatic N) is 1. The van der Waals surface area contributed by atoms with Gasteiger partial charge in [0.05, 0.1) is 30.3 Å². The van der Waals surface area contributed by atoms with Crippen LogP contribution in [0, 0.1) is 11.3 Å². The van der Waals surface area contributed by atoms with Crippen molar-refractivity contribution < 1.29 is 23.7 Å². The fraction of sp³-hybridized carbons (Fsp3) is 0.222. The number of rotatable bonds is 7. The summed E-state index contributed by atoms with van der Waals surface area (Å²) in [6.45, 7) is -0.204. The van der Waals surface area contributed by atoms with Crippen LogP contribution in [0.15, 0.2) is 40.9 Å². The van der Waals surface area contributed by atoms with Crippen LogP contribution in [0.2, 0.25) is 0 Å². The summed E-state index contributed by atoms with van der Waals surface area (Å²) in [6.07, 6.45) is 0. The molecule has 6 nitrogen and oxygen atoms in total. The molecule has 130 valence electrons. The van der Waals surface area contributed by atoms with E-state index in [-0.39, 0.29) is 13.2 Å². The highest BCUT2D eigenvalue weighted by Crippen LogP contribution is 2.33. The maximum absolute atomic E-state index is 11.9. The van der Waals surface area contributed by atoms with E-state index in [9.17, 15) is 4.79 Å². The fourth-order valence-electron chi connectivity index (χ4n) is 2.00. The second-order valence-electron chi connectivity index (χ2n) is 4.88. The molecule has 7 heteroatoms. The zero-order valence-electron chi connectivity index (χ0n) is 13.7. The zero-order chi connectivity index (χ0) is 18.2. The molecule has 0 aliphatic heterocycles. The summed E-state index contributed by atoms with van der Waals surface area (Å²) < 4.78 is 21.8. The molecule has 25 heavy (non-hydrogen) atoms. The minimum Gasteiger partial charge on any atom is -0.496 e.